The number of benzene rings is 1. The average Bonchev–Trinajstić information content (AvgIpc) is 2.81. The maximum atomic E-state index is 4.78. The van der Waals surface area contributed by atoms with E-state index in [4.69, 9.17) is 5.10 Å². The molecule has 19 heavy (non-hydrogen) atoms. The van der Waals surface area contributed by atoms with Crippen LogP contribution in [0, 0.1) is 0 Å². The quantitative estimate of drug-likeness (QED) is 0.826. The van der Waals surface area contributed by atoms with E-state index in [1.165, 1.54) is 23.0 Å². The molecular formula is C16H25N3. The third-order valence-corrected chi connectivity index (χ3v) is 3.65. The van der Waals surface area contributed by atoms with Crippen molar-refractivity contribution in [2.45, 2.75) is 52.6 Å². The average molecular weight is 259 g/mol. The van der Waals surface area contributed by atoms with Gasteiger partial charge in [0.15, 0.2) is 0 Å². The van der Waals surface area contributed by atoms with Crippen molar-refractivity contribution in [3.63, 3.8) is 0 Å². The van der Waals surface area contributed by atoms with E-state index in [2.05, 4.69) is 55.0 Å². The highest BCUT2D eigenvalue weighted by molar-refractivity contribution is 5.82. The molecule has 0 aliphatic carbocycles. The molecule has 1 aromatic carbocycles. The lowest BCUT2D eigenvalue weighted by Gasteiger charge is -2.15. The first-order chi connectivity index (χ1) is 9.30. The van der Waals surface area contributed by atoms with Crippen LogP contribution in [0.3, 0.4) is 0 Å². The number of rotatable bonds is 7. The van der Waals surface area contributed by atoms with E-state index < -0.39 is 0 Å². The van der Waals surface area contributed by atoms with Crippen LogP contribution in [0.25, 0.3) is 10.9 Å². The van der Waals surface area contributed by atoms with Crippen molar-refractivity contribution in [2.75, 3.05) is 6.54 Å². The Bertz CT molecular complexity index is 516. The molecule has 0 saturated heterocycles. The third kappa shape index (κ3) is 3.16. The van der Waals surface area contributed by atoms with E-state index in [0.717, 1.165) is 25.9 Å². The summed E-state index contributed by atoms with van der Waals surface area (Å²) in [5, 5.41) is 9.70. The minimum atomic E-state index is 0.531. The van der Waals surface area contributed by atoms with Gasteiger partial charge in [-0.05, 0) is 32.4 Å². The lowest BCUT2D eigenvalue weighted by molar-refractivity contribution is 0.488. The first-order valence-corrected chi connectivity index (χ1v) is 7.47. The Morgan fingerprint density at radius 3 is 2.68 bits per heavy atom. The van der Waals surface area contributed by atoms with Crippen molar-refractivity contribution < 1.29 is 0 Å². The summed E-state index contributed by atoms with van der Waals surface area (Å²) in [5.41, 5.74) is 2.48. The smallest absolute Gasteiger partial charge is 0.0718 e. The zero-order chi connectivity index (χ0) is 13.7. The molecule has 0 amide bonds. The van der Waals surface area contributed by atoms with Crippen LogP contribution < -0.4 is 5.32 Å². The molecule has 3 heteroatoms. The van der Waals surface area contributed by atoms with E-state index >= 15 is 0 Å². The number of hydrogen-bond acceptors (Lipinski definition) is 2. The molecule has 0 fully saturated rings. The standard InChI is InChI=1S/C16H25N3/c1-4-11-17-13(5-2)12-15-14-9-7-8-10-16(14)19(6-3)18-15/h7-10,13,17H,4-6,11-12H2,1-3H3. The van der Waals surface area contributed by atoms with Gasteiger partial charge in [0, 0.05) is 24.4 Å². The van der Waals surface area contributed by atoms with Gasteiger partial charge in [-0.1, -0.05) is 32.0 Å². The van der Waals surface area contributed by atoms with Crippen LogP contribution in [0.15, 0.2) is 24.3 Å². The van der Waals surface area contributed by atoms with E-state index in [1.807, 2.05) is 0 Å². The molecule has 104 valence electrons. The number of para-hydroxylation sites is 1. The van der Waals surface area contributed by atoms with Crippen LogP contribution in [0.2, 0.25) is 0 Å². The number of nitrogens with one attached hydrogen (secondary N) is 1. The van der Waals surface area contributed by atoms with E-state index in [-0.39, 0.29) is 0 Å². The second-order valence-corrected chi connectivity index (χ2v) is 5.04. The molecule has 0 aliphatic rings. The second-order valence-electron chi connectivity index (χ2n) is 5.04. The first kappa shape index (κ1) is 14.1. The van der Waals surface area contributed by atoms with Gasteiger partial charge in [-0.15, -0.1) is 0 Å². The van der Waals surface area contributed by atoms with Gasteiger partial charge in [-0.2, -0.15) is 5.10 Å². The second kappa shape index (κ2) is 6.71. The maximum absolute atomic E-state index is 4.78. The zero-order valence-corrected chi connectivity index (χ0v) is 12.3. The summed E-state index contributed by atoms with van der Waals surface area (Å²) in [7, 11) is 0. The molecule has 0 spiro atoms. The minimum absolute atomic E-state index is 0.531. The van der Waals surface area contributed by atoms with Crippen molar-refractivity contribution in [2.24, 2.45) is 0 Å². The highest BCUT2D eigenvalue weighted by Gasteiger charge is 2.13. The van der Waals surface area contributed by atoms with Gasteiger partial charge in [-0.25, -0.2) is 0 Å². The monoisotopic (exact) mass is 259 g/mol. The first-order valence-electron chi connectivity index (χ1n) is 7.47. The summed E-state index contributed by atoms with van der Waals surface area (Å²) in [5.74, 6) is 0. The van der Waals surface area contributed by atoms with Gasteiger partial charge in [-0.3, -0.25) is 4.68 Å². The molecule has 1 heterocycles. The fourth-order valence-electron chi connectivity index (χ4n) is 2.53. The van der Waals surface area contributed by atoms with E-state index in [1.54, 1.807) is 0 Å². The molecule has 1 atom stereocenters. The van der Waals surface area contributed by atoms with Crippen LogP contribution in [0.4, 0.5) is 0 Å². The summed E-state index contributed by atoms with van der Waals surface area (Å²) in [6.45, 7) is 8.62. The van der Waals surface area contributed by atoms with Gasteiger partial charge in [0.2, 0.25) is 0 Å². The zero-order valence-electron chi connectivity index (χ0n) is 12.3. The summed E-state index contributed by atoms with van der Waals surface area (Å²) in [6, 6.07) is 9.08. The van der Waals surface area contributed by atoms with Crippen molar-refractivity contribution in [3.8, 4) is 0 Å². The molecular weight excluding hydrogens is 234 g/mol. The van der Waals surface area contributed by atoms with Crippen LogP contribution in [-0.2, 0) is 13.0 Å². The highest BCUT2D eigenvalue weighted by Crippen LogP contribution is 2.20. The molecule has 2 aromatic rings. The van der Waals surface area contributed by atoms with Crippen LogP contribution in [0.1, 0.15) is 39.3 Å². The molecule has 0 aliphatic heterocycles. The molecule has 1 unspecified atom stereocenters. The number of fused-ring (bicyclic) bond motifs is 1. The summed E-state index contributed by atoms with van der Waals surface area (Å²) in [6.07, 6.45) is 3.35. The molecule has 1 N–H and O–H groups in total. The Morgan fingerprint density at radius 2 is 2.00 bits per heavy atom. The predicted molar refractivity (Wildman–Crippen MR) is 81.5 cm³/mol. The normalized spacial score (nSPS) is 13.0. The molecule has 0 saturated carbocycles. The molecule has 0 bridgehead atoms. The number of nitrogens with zero attached hydrogens (tertiary/aromatic N) is 2. The Balaban J connectivity index is 2.24. The lowest BCUT2D eigenvalue weighted by atomic mass is 10.1. The SMILES string of the molecule is CCCNC(CC)Cc1nn(CC)c2ccccc12. The maximum Gasteiger partial charge on any atom is 0.0718 e. The van der Waals surface area contributed by atoms with Crippen molar-refractivity contribution in [1.29, 1.82) is 0 Å². The Morgan fingerprint density at radius 1 is 1.21 bits per heavy atom. The van der Waals surface area contributed by atoms with E-state index in [0.29, 0.717) is 6.04 Å². The number of aryl methyl sites for hydroxylation is 1. The molecule has 1 aromatic heterocycles. The lowest BCUT2D eigenvalue weighted by Crippen LogP contribution is -2.31. The summed E-state index contributed by atoms with van der Waals surface area (Å²) < 4.78 is 2.11. The van der Waals surface area contributed by atoms with Crippen LogP contribution in [0.5, 0.6) is 0 Å². The van der Waals surface area contributed by atoms with Gasteiger partial charge in [0.25, 0.3) is 0 Å². The van der Waals surface area contributed by atoms with Crippen LogP contribution in [-0.4, -0.2) is 22.4 Å². The van der Waals surface area contributed by atoms with Gasteiger partial charge < -0.3 is 5.32 Å². The predicted octanol–water partition coefficient (Wildman–Crippen LogP) is 3.38. The Labute approximate surface area is 116 Å². The molecule has 0 radical (unpaired) electrons. The number of hydrogen-bond donors (Lipinski definition) is 1. The fraction of sp³-hybridized carbons (Fsp3) is 0.562. The van der Waals surface area contributed by atoms with E-state index in [9.17, 15) is 0 Å². The fourth-order valence-corrected chi connectivity index (χ4v) is 2.53. The van der Waals surface area contributed by atoms with Crippen LogP contribution >= 0.6 is 0 Å². The van der Waals surface area contributed by atoms with Crippen molar-refractivity contribution in [1.82, 2.24) is 15.1 Å². The topological polar surface area (TPSA) is 29.9 Å². The minimum Gasteiger partial charge on any atom is -0.314 e. The summed E-state index contributed by atoms with van der Waals surface area (Å²) >= 11 is 0. The molecule has 3 nitrogen and oxygen atoms in total. The third-order valence-electron chi connectivity index (χ3n) is 3.65. The Hall–Kier alpha value is -1.35. The summed E-state index contributed by atoms with van der Waals surface area (Å²) in [4.78, 5) is 0. The Kier molecular flexibility index (Phi) is 4.97. The highest BCUT2D eigenvalue weighted by atomic mass is 15.3. The number of aromatic nitrogens is 2. The molecule has 2 rings (SSSR count). The van der Waals surface area contributed by atoms with Gasteiger partial charge in [0.05, 0.1) is 11.2 Å². The van der Waals surface area contributed by atoms with Crippen molar-refractivity contribution >= 4 is 10.9 Å². The van der Waals surface area contributed by atoms with Crippen molar-refractivity contribution in [3.05, 3.63) is 30.0 Å². The largest absolute Gasteiger partial charge is 0.314 e. The van der Waals surface area contributed by atoms with Gasteiger partial charge >= 0.3 is 0 Å². The van der Waals surface area contributed by atoms with Gasteiger partial charge in [0.1, 0.15) is 0 Å².